The Morgan fingerprint density at radius 3 is 2.96 bits per heavy atom. The van der Waals surface area contributed by atoms with E-state index >= 15 is 0 Å². The molecule has 1 unspecified atom stereocenters. The Morgan fingerprint density at radius 1 is 1.36 bits per heavy atom. The predicted octanol–water partition coefficient (Wildman–Crippen LogP) is 2.74. The van der Waals surface area contributed by atoms with Gasteiger partial charge in [-0.25, -0.2) is 4.39 Å². The molecule has 2 amide bonds. The lowest BCUT2D eigenvalue weighted by atomic mass is 9.90. The summed E-state index contributed by atoms with van der Waals surface area (Å²) >= 11 is 0. The summed E-state index contributed by atoms with van der Waals surface area (Å²) in [6.07, 6.45) is 4.08. The number of benzene rings is 1. The zero-order chi connectivity index (χ0) is 17.9. The van der Waals surface area contributed by atoms with Gasteiger partial charge in [0.25, 0.3) is 5.91 Å². The van der Waals surface area contributed by atoms with Crippen molar-refractivity contribution in [3.05, 3.63) is 30.1 Å². The number of morpholine rings is 1. The third-order valence-electron chi connectivity index (χ3n) is 5.01. The largest absolute Gasteiger partial charge is 0.361 e. The van der Waals surface area contributed by atoms with Crippen LogP contribution in [-0.2, 0) is 14.3 Å². The lowest BCUT2D eigenvalue weighted by Gasteiger charge is -2.47. The molecule has 2 fully saturated rings. The van der Waals surface area contributed by atoms with Gasteiger partial charge in [-0.15, -0.1) is 0 Å². The van der Waals surface area contributed by atoms with Crippen LogP contribution in [0.4, 0.5) is 10.1 Å². The monoisotopic (exact) mass is 348 g/mol. The summed E-state index contributed by atoms with van der Waals surface area (Å²) < 4.78 is 19.5. The number of amides is 2. The van der Waals surface area contributed by atoms with E-state index in [1.54, 1.807) is 17.0 Å². The van der Waals surface area contributed by atoms with Gasteiger partial charge in [0, 0.05) is 18.7 Å². The van der Waals surface area contributed by atoms with E-state index in [1.807, 2.05) is 4.90 Å². The molecule has 1 spiro atoms. The van der Waals surface area contributed by atoms with Gasteiger partial charge in [-0.3, -0.25) is 9.59 Å². The number of carbonyl (C=O) groups is 2. The van der Waals surface area contributed by atoms with Gasteiger partial charge in [0.15, 0.2) is 0 Å². The highest BCUT2D eigenvalue weighted by molar-refractivity contribution is 5.95. The molecule has 0 aromatic heterocycles. The van der Waals surface area contributed by atoms with Crippen LogP contribution in [0, 0.1) is 5.82 Å². The molecule has 0 bridgehead atoms. The summed E-state index contributed by atoms with van der Waals surface area (Å²) in [5, 5.41) is 0. The van der Waals surface area contributed by atoms with Crippen LogP contribution in [0.25, 0.3) is 0 Å². The van der Waals surface area contributed by atoms with Crippen molar-refractivity contribution in [1.82, 2.24) is 4.90 Å². The molecular weight excluding hydrogens is 323 g/mol. The molecule has 0 saturated carbocycles. The predicted molar refractivity (Wildman–Crippen MR) is 92.8 cm³/mol. The van der Waals surface area contributed by atoms with Crippen molar-refractivity contribution in [1.29, 1.82) is 0 Å². The second kappa shape index (κ2) is 7.52. The van der Waals surface area contributed by atoms with Crippen molar-refractivity contribution < 1.29 is 18.7 Å². The van der Waals surface area contributed by atoms with E-state index in [9.17, 15) is 14.0 Å². The van der Waals surface area contributed by atoms with Crippen LogP contribution in [0.1, 0.15) is 39.0 Å². The molecule has 25 heavy (non-hydrogen) atoms. The number of anilines is 1. The zero-order valence-corrected chi connectivity index (χ0v) is 14.7. The number of likely N-dealkylation sites (tertiary alicyclic amines) is 1. The smallest absolute Gasteiger partial charge is 0.253 e. The summed E-state index contributed by atoms with van der Waals surface area (Å²) in [5.41, 5.74) is -0.0116. The van der Waals surface area contributed by atoms with Crippen molar-refractivity contribution in [2.75, 3.05) is 31.1 Å². The van der Waals surface area contributed by atoms with E-state index < -0.39 is 5.60 Å². The lowest BCUT2D eigenvalue weighted by Crippen LogP contribution is -2.62. The van der Waals surface area contributed by atoms with Gasteiger partial charge in [-0.1, -0.05) is 19.4 Å². The first-order valence-electron chi connectivity index (χ1n) is 9.01. The minimum atomic E-state index is -0.555. The number of hydrogen-bond donors (Lipinski definition) is 0. The molecule has 2 heterocycles. The third-order valence-corrected chi connectivity index (χ3v) is 5.01. The Morgan fingerprint density at radius 2 is 2.20 bits per heavy atom. The van der Waals surface area contributed by atoms with E-state index in [2.05, 4.69) is 6.92 Å². The van der Waals surface area contributed by atoms with Crippen molar-refractivity contribution in [2.45, 2.75) is 44.6 Å². The van der Waals surface area contributed by atoms with Gasteiger partial charge in [-0.2, -0.15) is 0 Å². The molecule has 6 heteroatoms. The zero-order valence-electron chi connectivity index (χ0n) is 14.7. The molecule has 3 rings (SSSR count). The van der Waals surface area contributed by atoms with Crippen molar-refractivity contribution in [3.63, 3.8) is 0 Å². The first kappa shape index (κ1) is 17.9. The highest BCUT2D eigenvalue weighted by Crippen LogP contribution is 2.32. The number of ether oxygens (including phenoxy) is 1. The first-order valence-corrected chi connectivity index (χ1v) is 9.01. The molecule has 0 N–H and O–H groups in total. The van der Waals surface area contributed by atoms with Crippen LogP contribution < -0.4 is 4.90 Å². The third kappa shape index (κ3) is 4.00. The Kier molecular flexibility index (Phi) is 5.37. The fourth-order valence-corrected chi connectivity index (χ4v) is 3.64. The second-order valence-electron chi connectivity index (χ2n) is 6.95. The molecule has 0 aliphatic carbocycles. The second-order valence-corrected chi connectivity index (χ2v) is 6.95. The van der Waals surface area contributed by atoms with Gasteiger partial charge < -0.3 is 14.5 Å². The van der Waals surface area contributed by atoms with Crippen LogP contribution in [0.5, 0.6) is 0 Å². The summed E-state index contributed by atoms with van der Waals surface area (Å²) in [4.78, 5) is 28.1. The lowest BCUT2D eigenvalue weighted by molar-refractivity contribution is -0.153. The Balaban J connectivity index is 1.75. The topological polar surface area (TPSA) is 49.9 Å². The van der Waals surface area contributed by atoms with Gasteiger partial charge in [-0.05, 0) is 37.5 Å². The van der Waals surface area contributed by atoms with Crippen LogP contribution in [0.15, 0.2) is 24.3 Å². The fourth-order valence-electron chi connectivity index (χ4n) is 3.64. The number of unbranched alkanes of at least 4 members (excludes halogenated alkanes) is 1. The molecule has 0 radical (unpaired) electrons. The van der Waals surface area contributed by atoms with Crippen LogP contribution in [0.2, 0.25) is 0 Å². The molecule has 2 aliphatic rings. The molecule has 2 saturated heterocycles. The molecule has 136 valence electrons. The highest BCUT2D eigenvalue weighted by atomic mass is 19.1. The molecule has 5 nitrogen and oxygen atoms in total. The fraction of sp³-hybridized carbons (Fsp3) is 0.579. The normalized spacial score (nSPS) is 24.0. The van der Waals surface area contributed by atoms with E-state index in [4.69, 9.17) is 4.74 Å². The number of halogens is 1. The van der Waals surface area contributed by atoms with Crippen molar-refractivity contribution in [2.24, 2.45) is 0 Å². The number of nitrogens with zero attached hydrogens (tertiary/aromatic N) is 2. The minimum absolute atomic E-state index is 0.0342. The average molecular weight is 348 g/mol. The Hall–Kier alpha value is -1.95. The highest BCUT2D eigenvalue weighted by Gasteiger charge is 2.44. The molecule has 2 aliphatic heterocycles. The van der Waals surface area contributed by atoms with Gasteiger partial charge in [0.2, 0.25) is 5.91 Å². The SMILES string of the molecule is CCCCC(=O)N1CCCC2(C1)CN(c1cccc(F)c1)C(=O)CO2. The van der Waals surface area contributed by atoms with E-state index in [-0.39, 0.29) is 24.2 Å². The van der Waals surface area contributed by atoms with E-state index in [0.29, 0.717) is 25.2 Å². The Labute approximate surface area is 147 Å². The molecule has 1 aromatic rings. The standard InChI is InChI=1S/C19H25FN2O3/c1-2-3-8-17(23)21-10-5-9-19(13-21)14-22(18(24)12-25-19)16-7-4-6-15(20)11-16/h4,6-7,11H,2-3,5,8-10,12-14H2,1H3. The Bertz CT molecular complexity index is 651. The van der Waals surface area contributed by atoms with Crippen LogP contribution in [0.3, 0.4) is 0 Å². The minimum Gasteiger partial charge on any atom is -0.361 e. The summed E-state index contributed by atoms with van der Waals surface area (Å²) in [6.45, 7) is 3.62. The maximum atomic E-state index is 13.5. The first-order chi connectivity index (χ1) is 12.0. The number of carbonyl (C=O) groups excluding carboxylic acids is 2. The maximum Gasteiger partial charge on any atom is 0.253 e. The average Bonchev–Trinajstić information content (AvgIpc) is 2.62. The van der Waals surface area contributed by atoms with Gasteiger partial charge >= 0.3 is 0 Å². The van der Waals surface area contributed by atoms with Crippen LogP contribution in [-0.4, -0.2) is 48.6 Å². The van der Waals surface area contributed by atoms with E-state index in [0.717, 1.165) is 32.2 Å². The quantitative estimate of drug-likeness (QED) is 0.841. The van der Waals surface area contributed by atoms with Gasteiger partial charge in [0.1, 0.15) is 18.0 Å². The molecule has 1 aromatic carbocycles. The summed E-state index contributed by atoms with van der Waals surface area (Å²) in [7, 11) is 0. The maximum absolute atomic E-state index is 13.5. The summed E-state index contributed by atoms with van der Waals surface area (Å²) in [5.74, 6) is -0.393. The van der Waals surface area contributed by atoms with Crippen LogP contribution >= 0.6 is 0 Å². The number of piperidine rings is 1. The van der Waals surface area contributed by atoms with Gasteiger partial charge in [0.05, 0.1) is 13.1 Å². The van der Waals surface area contributed by atoms with E-state index in [1.165, 1.54) is 12.1 Å². The number of hydrogen-bond acceptors (Lipinski definition) is 3. The molecule has 1 atom stereocenters. The van der Waals surface area contributed by atoms with Crippen molar-refractivity contribution >= 4 is 17.5 Å². The summed E-state index contributed by atoms with van der Waals surface area (Å²) in [6, 6.07) is 6.05. The number of rotatable bonds is 4. The van der Waals surface area contributed by atoms with Crippen molar-refractivity contribution in [3.8, 4) is 0 Å². The molecular formula is C19H25FN2O3.